The fourth-order valence-corrected chi connectivity index (χ4v) is 12.1. The maximum Gasteiger partial charge on any atom is 0.161 e. The van der Waals surface area contributed by atoms with E-state index in [1.54, 1.807) is 6.20 Å². The zero-order valence-electron chi connectivity index (χ0n) is 42.8. The third kappa shape index (κ3) is 9.63. The molecule has 2 spiro atoms. The second-order valence-corrected chi connectivity index (χ2v) is 20.8. The Morgan fingerprint density at radius 3 is 1.64 bits per heavy atom. The number of hydrogen-bond donors (Lipinski definition) is 1. The topological polar surface area (TPSA) is 136 Å². The lowest BCUT2D eigenvalue weighted by molar-refractivity contribution is 0.0545. The summed E-state index contributed by atoms with van der Waals surface area (Å²) < 4.78 is 22.4. The van der Waals surface area contributed by atoms with Gasteiger partial charge in [0.1, 0.15) is 0 Å². The van der Waals surface area contributed by atoms with Crippen molar-refractivity contribution >= 4 is 62.1 Å². The van der Waals surface area contributed by atoms with Crippen LogP contribution in [0.25, 0.3) is 44.6 Å². The molecule has 0 saturated carbocycles. The normalized spacial score (nSPS) is 18.5. The SMILES string of the molecule is Cc1c(-c2ccccc2)nc2ncccc2c1Cl.Cc1c(-c2ccccc2)nc2ncccc2c1N1CC2(CCOCC2)c2ncc(N3CCOCC3)cc21.c1nc2c(cc1N1CCOCC1)NCC21CCOCC1. The first-order valence-electron chi connectivity index (χ1n) is 26.5. The van der Waals surface area contributed by atoms with Gasteiger partial charge in [0, 0.05) is 111 Å². The molecule has 0 aliphatic carbocycles. The minimum absolute atomic E-state index is 0.0196. The number of fused-ring (bicyclic) bond motifs is 6. The maximum absolute atomic E-state index is 6.40. The number of hydrogen-bond acceptors (Lipinski definition) is 14. The predicted molar refractivity (Wildman–Crippen MR) is 298 cm³/mol. The maximum atomic E-state index is 6.40. The first-order chi connectivity index (χ1) is 36.9. The monoisotopic (exact) mass is 1020 g/mol. The Labute approximate surface area is 443 Å². The number of morpholine rings is 2. The van der Waals surface area contributed by atoms with Crippen LogP contribution in [0.4, 0.5) is 28.4 Å². The summed E-state index contributed by atoms with van der Waals surface area (Å²) in [6, 6.07) is 33.1. The number of nitrogens with one attached hydrogen (secondary N) is 1. The molecule has 1 N–H and O–H groups in total. The van der Waals surface area contributed by atoms with Crippen molar-refractivity contribution in [1.29, 1.82) is 0 Å². The highest BCUT2D eigenvalue weighted by Gasteiger charge is 2.47. The van der Waals surface area contributed by atoms with Crippen molar-refractivity contribution in [3.05, 3.63) is 149 Å². The summed E-state index contributed by atoms with van der Waals surface area (Å²) in [5.41, 5.74) is 16.3. The minimum Gasteiger partial charge on any atom is -0.383 e. The fraction of sp³-hybridized carbons (Fsp3) is 0.367. The van der Waals surface area contributed by atoms with Crippen LogP contribution >= 0.6 is 11.6 Å². The first kappa shape index (κ1) is 49.1. The lowest BCUT2D eigenvalue weighted by atomic mass is 9.78. The van der Waals surface area contributed by atoms with Crippen molar-refractivity contribution in [2.24, 2.45) is 0 Å². The zero-order valence-corrected chi connectivity index (χ0v) is 43.6. The van der Waals surface area contributed by atoms with Gasteiger partial charge in [-0.3, -0.25) is 9.97 Å². The van der Waals surface area contributed by atoms with Gasteiger partial charge in [0.2, 0.25) is 0 Å². The number of rotatable bonds is 5. The molecule has 0 amide bonds. The average molecular weight is 1020 g/mol. The van der Waals surface area contributed by atoms with Crippen LogP contribution in [0.15, 0.2) is 122 Å². The van der Waals surface area contributed by atoms with Crippen LogP contribution in [-0.2, 0) is 29.8 Å². The number of nitrogens with zero attached hydrogens (tertiary/aromatic N) is 9. The molecular weight excluding hydrogens is 960 g/mol. The minimum atomic E-state index is -0.0196. The molecule has 14 nitrogen and oxygen atoms in total. The van der Waals surface area contributed by atoms with Crippen molar-refractivity contribution in [3.63, 3.8) is 0 Å². The van der Waals surface area contributed by atoms with Gasteiger partial charge >= 0.3 is 0 Å². The zero-order chi connectivity index (χ0) is 50.8. The number of aromatic nitrogens is 6. The molecule has 4 saturated heterocycles. The average Bonchev–Trinajstić information content (AvgIpc) is 3.99. The van der Waals surface area contributed by atoms with Crippen LogP contribution in [0.1, 0.15) is 48.2 Å². The standard InChI is InChI=1S/C30H31N5O2.C15H11ClN2.C15H21N3O2/c1-21-26(22-6-3-2-4-7-22)33-29-24(8-5-11-31-29)27(21)35-20-30(9-14-36-15-10-30)28-25(35)18-23(19-32-28)34-12-16-37-17-13-34;1-10-13(16)12-8-5-9-17-15(12)18-14(10)11-6-3-2-4-7-11;1-5-19-6-2-15(1)11-17-13-9-12(10-16-14(13)15)18-3-7-20-8-4-18/h2-8,11,18-19H,9-10,12-17,20H2,1H3;2-9H,1H3;9-10,17H,1-8,11H2. The van der Waals surface area contributed by atoms with Gasteiger partial charge in [0.15, 0.2) is 11.3 Å². The predicted octanol–water partition coefficient (Wildman–Crippen LogP) is 10.7. The molecule has 2 aromatic carbocycles. The Balaban J connectivity index is 0.000000126. The summed E-state index contributed by atoms with van der Waals surface area (Å²) >= 11 is 6.40. The molecule has 0 unspecified atom stereocenters. The molecule has 12 heterocycles. The molecule has 6 aliphatic rings. The number of anilines is 5. The van der Waals surface area contributed by atoms with Crippen LogP contribution in [-0.4, -0.2) is 122 Å². The van der Waals surface area contributed by atoms with Crippen LogP contribution in [0.2, 0.25) is 5.02 Å². The molecule has 0 atom stereocenters. The van der Waals surface area contributed by atoms with Crippen molar-refractivity contribution in [2.45, 2.75) is 50.4 Å². The highest BCUT2D eigenvalue weighted by atomic mass is 35.5. The second kappa shape index (κ2) is 21.4. The van der Waals surface area contributed by atoms with E-state index in [1.807, 2.05) is 73.9 Å². The van der Waals surface area contributed by atoms with Crippen molar-refractivity contribution < 1.29 is 18.9 Å². The van der Waals surface area contributed by atoms with Crippen LogP contribution in [0, 0.1) is 13.8 Å². The summed E-state index contributed by atoms with van der Waals surface area (Å²) in [5.74, 6) is 0. The molecule has 384 valence electrons. The third-order valence-corrected chi connectivity index (χ3v) is 16.5. The van der Waals surface area contributed by atoms with E-state index in [2.05, 4.69) is 85.6 Å². The van der Waals surface area contributed by atoms with E-state index in [0.29, 0.717) is 5.65 Å². The van der Waals surface area contributed by atoms with Gasteiger partial charge in [0.05, 0.1) is 95.1 Å². The van der Waals surface area contributed by atoms with Crippen molar-refractivity contribution in [3.8, 4) is 22.5 Å². The molecule has 6 aliphatic heterocycles. The van der Waals surface area contributed by atoms with Gasteiger partial charge in [-0.25, -0.2) is 19.9 Å². The molecule has 6 aromatic heterocycles. The van der Waals surface area contributed by atoms with Crippen molar-refractivity contribution in [1.82, 2.24) is 29.9 Å². The van der Waals surface area contributed by atoms with Gasteiger partial charge < -0.3 is 39.0 Å². The Morgan fingerprint density at radius 2 is 1.04 bits per heavy atom. The molecule has 15 heteroatoms. The van der Waals surface area contributed by atoms with E-state index in [1.165, 1.54) is 39.7 Å². The summed E-state index contributed by atoms with van der Waals surface area (Å²) in [7, 11) is 0. The molecule has 0 bridgehead atoms. The quantitative estimate of drug-likeness (QED) is 0.175. The number of pyridine rings is 6. The highest BCUT2D eigenvalue weighted by molar-refractivity contribution is 6.36. The Bertz CT molecular complexity index is 3310. The first-order valence-corrected chi connectivity index (χ1v) is 26.9. The van der Waals surface area contributed by atoms with Gasteiger partial charge in [-0.05, 0) is 87.1 Å². The number of benzene rings is 2. The molecule has 4 fully saturated rings. The summed E-state index contributed by atoms with van der Waals surface area (Å²) in [6.45, 7) is 16.1. The smallest absolute Gasteiger partial charge is 0.161 e. The second-order valence-electron chi connectivity index (χ2n) is 20.4. The van der Waals surface area contributed by atoms with Gasteiger partial charge in [-0.2, -0.15) is 0 Å². The Hall–Kier alpha value is -6.81. The summed E-state index contributed by atoms with van der Waals surface area (Å²) in [4.78, 5) is 35.8. The van der Waals surface area contributed by atoms with Gasteiger partial charge in [-0.1, -0.05) is 72.3 Å². The van der Waals surface area contributed by atoms with Crippen LogP contribution in [0.5, 0.6) is 0 Å². The van der Waals surface area contributed by atoms with Crippen LogP contribution in [0.3, 0.4) is 0 Å². The molecule has 8 aromatic rings. The molecule has 75 heavy (non-hydrogen) atoms. The number of halogens is 1. The largest absolute Gasteiger partial charge is 0.383 e. The fourth-order valence-electron chi connectivity index (χ4n) is 11.8. The van der Waals surface area contributed by atoms with E-state index >= 15 is 0 Å². The van der Waals surface area contributed by atoms with E-state index in [0.717, 1.165) is 173 Å². The highest BCUT2D eigenvalue weighted by Crippen LogP contribution is 2.52. The molecular formula is C60H63ClN10O4. The summed E-state index contributed by atoms with van der Waals surface area (Å²) in [5, 5.41) is 6.27. The number of ether oxygens (including phenoxy) is 4. The van der Waals surface area contributed by atoms with Gasteiger partial charge in [0.25, 0.3) is 0 Å². The molecule has 14 rings (SSSR count). The van der Waals surface area contributed by atoms with E-state index < -0.39 is 0 Å². The lowest BCUT2D eigenvalue weighted by Gasteiger charge is -2.34. The van der Waals surface area contributed by atoms with Crippen molar-refractivity contribution in [2.75, 3.05) is 112 Å². The Kier molecular flexibility index (Phi) is 14.0. The van der Waals surface area contributed by atoms with E-state index in [4.69, 9.17) is 50.5 Å². The third-order valence-electron chi connectivity index (χ3n) is 16.0. The van der Waals surface area contributed by atoms with E-state index in [-0.39, 0.29) is 10.8 Å². The summed E-state index contributed by atoms with van der Waals surface area (Å²) in [6.07, 6.45) is 11.8. The Morgan fingerprint density at radius 1 is 0.533 bits per heavy atom. The lowest BCUT2D eigenvalue weighted by Crippen LogP contribution is -2.38. The molecule has 0 radical (unpaired) electrons. The van der Waals surface area contributed by atoms with E-state index in [9.17, 15) is 0 Å². The van der Waals surface area contributed by atoms with Crippen LogP contribution < -0.4 is 20.0 Å². The van der Waals surface area contributed by atoms with Gasteiger partial charge in [-0.15, -0.1) is 0 Å².